The number of aromatic nitrogens is 1. The van der Waals surface area contributed by atoms with Gasteiger partial charge in [-0.2, -0.15) is 0 Å². The summed E-state index contributed by atoms with van der Waals surface area (Å²) in [6.45, 7) is 1.42. The molecule has 0 saturated heterocycles. The lowest BCUT2D eigenvalue weighted by Gasteiger charge is -2.16. The molecule has 0 saturated carbocycles. The van der Waals surface area contributed by atoms with Crippen LogP contribution < -0.4 is 15.2 Å². The van der Waals surface area contributed by atoms with Gasteiger partial charge in [-0.05, 0) is 13.0 Å². The largest absolute Gasteiger partial charge is 0.573 e. The number of alkyl halides is 3. The van der Waals surface area contributed by atoms with Crippen molar-refractivity contribution in [3.05, 3.63) is 17.3 Å². The van der Waals surface area contributed by atoms with E-state index in [9.17, 15) is 18.0 Å². The van der Waals surface area contributed by atoms with Gasteiger partial charge in [-0.3, -0.25) is 0 Å². The van der Waals surface area contributed by atoms with Crippen LogP contribution in [0.5, 0.6) is 11.6 Å². The zero-order chi connectivity index (χ0) is 15.3. The molecule has 0 aromatic carbocycles. The number of hydrogen-bond donors (Lipinski definition) is 1. The smallest absolute Gasteiger partial charge is 0.478 e. The van der Waals surface area contributed by atoms with Crippen LogP contribution in [0.2, 0.25) is 0 Å². The van der Waals surface area contributed by atoms with Gasteiger partial charge < -0.3 is 19.9 Å². The molecule has 1 aromatic heterocycles. The fraction of sp³-hybridized carbons (Fsp3) is 0.455. The maximum atomic E-state index is 12.4. The van der Waals surface area contributed by atoms with Gasteiger partial charge in [-0.15, -0.1) is 13.2 Å². The minimum absolute atomic E-state index is 0.00706. The zero-order valence-corrected chi connectivity index (χ0v) is 10.8. The number of carbonyl (C=O) groups is 1. The van der Waals surface area contributed by atoms with Crippen LogP contribution in [0.15, 0.2) is 6.07 Å². The molecular formula is C11H13F3N2O4. The number of rotatable bonds is 5. The SMILES string of the molecule is CCOC(=O)c1cc(CN)nc(OC)c1OC(F)(F)F. The summed E-state index contributed by atoms with van der Waals surface area (Å²) in [6, 6.07) is 1.07. The Balaban J connectivity index is 3.38. The Morgan fingerprint density at radius 2 is 2.10 bits per heavy atom. The van der Waals surface area contributed by atoms with Gasteiger partial charge in [0, 0.05) is 6.54 Å². The summed E-state index contributed by atoms with van der Waals surface area (Å²) in [5.41, 5.74) is 5.08. The van der Waals surface area contributed by atoms with Gasteiger partial charge in [-0.1, -0.05) is 0 Å². The molecule has 1 heterocycles. The lowest BCUT2D eigenvalue weighted by molar-refractivity contribution is -0.275. The van der Waals surface area contributed by atoms with Crippen LogP contribution in [0.25, 0.3) is 0 Å². The van der Waals surface area contributed by atoms with E-state index >= 15 is 0 Å². The Kier molecular flexibility index (Phi) is 5.14. The molecule has 0 aliphatic rings. The lowest BCUT2D eigenvalue weighted by Crippen LogP contribution is -2.21. The fourth-order valence-corrected chi connectivity index (χ4v) is 1.38. The topological polar surface area (TPSA) is 83.7 Å². The summed E-state index contributed by atoms with van der Waals surface area (Å²) in [5.74, 6) is -2.33. The van der Waals surface area contributed by atoms with E-state index in [2.05, 4.69) is 14.5 Å². The number of hydrogen-bond acceptors (Lipinski definition) is 6. The van der Waals surface area contributed by atoms with E-state index in [-0.39, 0.29) is 18.8 Å². The number of nitrogens with zero attached hydrogens (tertiary/aromatic N) is 1. The van der Waals surface area contributed by atoms with Crippen molar-refractivity contribution in [2.24, 2.45) is 5.73 Å². The predicted molar refractivity (Wildman–Crippen MR) is 61.3 cm³/mol. The van der Waals surface area contributed by atoms with Gasteiger partial charge in [0.2, 0.25) is 5.75 Å². The van der Waals surface area contributed by atoms with Gasteiger partial charge in [0.05, 0.1) is 19.4 Å². The van der Waals surface area contributed by atoms with Crippen LogP contribution in [0.3, 0.4) is 0 Å². The fourth-order valence-electron chi connectivity index (χ4n) is 1.38. The summed E-state index contributed by atoms with van der Waals surface area (Å²) in [7, 11) is 1.10. The highest BCUT2D eigenvalue weighted by Gasteiger charge is 2.36. The molecule has 1 aromatic rings. The van der Waals surface area contributed by atoms with Gasteiger partial charge in [-0.25, -0.2) is 9.78 Å². The molecule has 0 atom stereocenters. The maximum Gasteiger partial charge on any atom is 0.573 e. The second-order valence-electron chi connectivity index (χ2n) is 3.47. The predicted octanol–water partition coefficient (Wildman–Crippen LogP) is 1.62. The van der Waals surface area contributed by atoms with Crippen molar-refractivity contribution < 1.29 is 32.2 Å². The lowest BCUT2D eigenvalue weighted by atomic mass is 10.2. The third-order valence-electron chi connectivity index (χ3n) is 2.11. The number of carbonyl (C=O) groups excluding carboxylic acids is 1. The van der Waals surface area contributed by atoms with Crippen molar-refractivity contribution in [2.75, 3.05) is 13.7 Å². The Bertz CT molecular complexity index is 491. The highest BCUT2D eigenvalue weighted by atomic mass is 19.4. The molecule has 20 heavy (non-hydrogen) atoms. The van der Waals surface area contributed by atoms with Crippen LogP contribution in [0.4, 0.5) is 13.2 Å². The van der Waals surface area contributed by atoms with E-state index in [1.165, 1.54) is 6.92 Å². The zero-order valence-electron chi connectivity index (χ0n) is 10.8. The number of halogens is 3. The molecule has 0 amide bonds. The van der Waals surface area contributed by atoms with E-state index in [0.717, 1.165) is 13.2 Å². The number of methoxy groups -OCH3 is 1. The molecule has 0 aliphatic heterocycles. The second-order valence-corrected chi connectivity index (χ2v) is 3.47. The highest BCUT2D eigenvalue weighted by Crippen LogP contribution is 2.35. The van der Waals surface area contributed by atoms with E-state index in [1.807, 2.05) is 0 Å². The summed E-state index contributed by atoms with van der Waals surface area (Å²) in [5, 5.41) is 0. The first-order valence-electron chi connectivity index (χ1n) is 5.53. The Labute approximate surface area is 112 Å². The number of nitrogens with two attached hydrogens (primary N) is 1. The third kappa shape index (κ3) is 3.98. The molecule has 1 rings (SSSR count). The third-order valence-corrected chi connectivity index (χ3v) is 2.11. The molecule has 0 unspecified atom stereocenters. The number of esters is 1. The highest BCUT2D eigenvalue weighted by molar-refractivity contribution is 5.93. The minimum Gasteiger partial charge on any atom is -0.478 e. The van der Waals surface area contributed by atoms with Crippen molar-refractivity contribution in [1.82, 2.24) is 4.98 Å². The summed E-state index contributed by atoms with van der Waals surface area (Å²) < 4.78 is 50.3. The summed E-state index contributed by atoms with van der Waals surface area (Å²) in [4.78, 5) is 15.4. The van der Waals surface area contributed by atoms with E-state index in [0.29, 0.717) is 0 Å². The normalized spacial score (nSPS) is 11.1. The molecule has 9 heteroatoms. The first-order chi connectivity index (χ1) is 9.32. The van der Waals surface area contributed by atoms with Crippen LogP contribution in [-0.4, -0.2) is 31.0 Å². The van der Waals surface area contributed by atoms with Gasteiger partial charge in [0.15, 0.2) is 0 Å². The standard InChI is InChI=1S/C11H13F3N2O4/c1-3-19-10(17)7-4-6(5-15)16-9(18-2)8(7)20-11(12,13)14/h4H,3,5,15H2,1-2H3. The molecule has 112 valence electrons. The van der Waals surface area contributed by atoms with E-state index in [1.54, 1.807) is 0 Å². The van der Waals surface area contributed by atoms with Gasteiger partial charge >= 0.3 is 12.3 Å². The van der Waals surface area contributed by atoms with Crippen LogP contribution in [0, 0.1) is 0 Å². The summed E-state index contributed by atoms with van der Waals surface area (Å²) >= 11 is 0. The van der Waals surface area contributed by atoms with Crippen molar-refractivity contribution >= 4 is 5.97 Å². The average molecular weight is 294 g/mol. The second kappa shape index (κ2) is 6.42. The first kappa shape index (κ1) is 16.0. The van der Waals surface area contributed by atoms with Crippen LogP contribution >= 0.6 is 0 Å². The average Bonchev–Trinajstić information content (AvgIpc) is 2.37. The molecule has 0 aliphatic carbocycles. The molecule has 6 nitrogen and oxygen atoms in total. The molecule has 0 spiro atoms. The molecule has 0 bridgehead atoms. The van der Waals surface area contributed by atoms with Crippen LogP contribution in [0.1, 0.15) is 23.0 Å². The number of ether oxygens (including phenoxy) is 3. The van der Waals surface area contributed by atoms with Crippen molar-refractivity contribution in [2.45, 2.75) is 19.8 Å². The Morgan fingerprint density at radius 3 is 2.55 bits per heavy atom. The Hall–Kier alpha value is -2.03. The molecular weight excluding hydrogens is 281 g/mol. The van der Waals surface area contributed by atoms with Crippen molar-refractivity contribution in [1.29, 1.82) is 0 Å². The van der Waals surface area contributed by atoms with E-state index in [4.69, 9.17) is 10.5 Å². The first-order valence-corrected chi connectivity index (χ1v) is 5.53. The molecule has 0 radical (unpaired) electrons. The van der Waals surface area contributed by atoms with Gasteiger partial charge in [0.25, 0.3) is 5.88 Å². The maximum absolute atomic E-state index is 12.4. The quantitative estimate of drug-likeness (QED) is 0.831. The minimum atomic E-state index is -5.00. The summed E-state index contributed by atoms with van der Waals surface area (Å²) in [6.07, 6.45) is -5.00. The van der Waals surface area contributed by atoms with Crippen molar-refractivity contribution in [3.63, 3.8) is 0 Å². The molecule has 2 N–H and O–H groups in total. The van der Waals surface area contributed by atoms with Gasteiger partial charge in [0.1, 0.15) is 5.56 Å². The van der Waals surface area contributed by atoms with Crippen molar-refractivity contribution in [3.8, 4) is 11.6 Å². The Morgan fingerprint density at radius 1 is 1.45 bits per heavy atom. The number of pyridine rings is 1. The van der Waals surface area contributed by atoms with E-state index < -0.39 is 29.5 Å². The molecule has 0 fully saturated rings. The monoisotopic (exact) mass is 294 g/mol. The van der Waals surface area contributed by atoms with Crippen LogP contribution in [-0.2, 0) is 11.3 Å².